The van der Waals surface area contributed by atoms with Gasteiger partial charge in [0.15, 0.2) is 23.0 Å². The largest absolute Gasteiger partial charge is 0.493 e. The molecule has 0 saturated carbocycles. The lowest BCUT2D eigenvalue weighted by atomic mass is 9.88. The van der Waals surface area contributed by atoms with Crippen molar-refractivity contribution < 1.29 is 13.9 Å². The van der Waals surface area contributed by atoms with Gasteiger partial charge in [0.2, 0.25) is 0 Å². The smallest absolute Gasteiger partial charge is 0.197 e. The molecular weight excluding hydrogens is 461 g/mol. The zero-order chi connectivity index (χ0) is 25.0. The van der Waals surface area contributed by atoms with Crippen LogP contribution >= 0.6 is 0 Å². The summed E-state index contributed by atoms with van der Waals surface area (Å²) in [6.07, 6.45) is 5.14. The third-order valence-corrected chi connectivity index (χ3v) is 7.40. The van der Waals surface area contributed by atoms with Gasteiger partial charge in [0.05, 0.1) is 37.7 Å². The normalized spacial score (nSPS) is 18.3. The van der Waals surface area contributed by atoms with Gasteiger partial charge in [0.25, 0.3) is 0 Å². The Balaban J connectivity index is 1.35. The van der Waals surface area contributed by atoms with Gasteiger partial charge in [-0.3, -0.25) is 4.90 Å². The van der Waals surface area contributed by atoms with E-state index < -0.39 is 0 Å². The number of nitrogens with zero attached hydrogens (tertiary/aromatic N) is 6. The monoisotopic (exact) mass is 493 g/mol. The summed E-state index contributed by atoms with van der Waals surface area (Å²) in [6, 6.07) is 1.92. The molecule has 9 nitrogen and oxygen atoms in total. The Morgan fingerprint density at radius 1 is 1.19 bits per heavy atom. The molecular formula is C26H32FN7O2. The van der Waals surface area contributed by atoms with Crippen molar-refractivity contribution in [2.45, 2.75) is 26.7 Å². The lowest BCUT2D eigenvalue weighted by Gasteiger charge is -2.44. The highest BCUT2D eigenvalue weighted by molar-refractivity contribution is 5.93. The molecule has 0 atom stereocenters. The van der Waals surface area contributed by atoms with Crippen molar-refractivity contribution in [1.82, 2.24) is 29.5 Å². The average molecular weight is 494 g/mol. The highest BCUT2D eigenvalue weighted by Crippen LogP contribution is 2.40. The van der Waals surface area contributed by atoms with Crippen molar-refractivity contribution in [1.29, 1.82) is 0 Å². The van der Waals surface area contributed by atoms with Crippen molar-refractivity contribution in [2.24, 2.45) is 5.41 Å². The van der Waals surface area contributed by atoms with E-state index in [1.165, 1.54) is 6.33 Å². The Morgan fingerprint density at radius 3 is 2.64 bits per heavy atom. The SMILES string of the molecule is COc1cc(-c2[nH]c3cnc(N4CCN(CC5(C)COC5)CC4)c(F)c3c2C(C)C)cn2ncnc12. The van der Waals surface area contributed by atoms with Crippen LogP contribution in [-0.4, -0.2) is 82.5 Å². The van der Waals surface area contributed by atoms with Crippen LogP contribution < -0.4 is 9.64 Å². The lowest BCUT2D eigenvalue weighted by Crippen LogP contribution is -2.54. The predicted molar refractivity (Wildman–Crippen MR) is 136 cm³/mol. The van der Waals surface area contributed by atoms with Gasteiger partial charge in [0.1, 0.15) is 6.33 Å². The minimum atomic E-state index is -0.264. The number of halogens is 1. The molecule has 10 heteroatoms. The maximum Gasteiger partial charge on any atom is 0.197 e. The van der Waals surface area contributed by atoms with Crippen LogP contribution in [0.15, 0.2) is 24.8 Å². The third kappa shape index (κ3) is 3.79. The van der Waals surface area contributed by atoms with Crippen molar-refractivity contribution >= 4 is 22.4 Å². The van der Waals surface area contributed by atoms with Crippen LogP contribution in [0, 0.1) is 11.2 Å². The number of aromatic nitrogens is 5. The molecule has 4 aromatic rings. The van der Waals surface area contributed by atoms with Crippen molar-refractivity contribution in [3.8, 4) is 17.0 Å². The Morgan fingerprint density at radius 2 is 1.97 bits per heavy atom. The summed E-state index contributed by atoms with van der Waals surface area (Å²) < 4.78 is 28.8. The molecule has 1 N–H and O–H groups in total. The summed E-state index contributed by atoms with van der Waals surface area (Å²) in [7, 11) is 1.61. The summed E-state index contributed by atoms with van der Waals surface area (Å²) in [4.78, 5) is 16.8. The number of rotatable bonds is 6. The average Bonchev–Trinajstić information content (AvgIpc) is 3.48. The molecule has 2 aliphatic heterocycles. The summed E-state index contributed by atoms with van der Waals surface area (Å²) in [5.41, 5.74) is 4.18. The molecule has 0 aliphatic carbocycles. The fourth-order valence-corrected chi connectivity index (χ4v) is 5.57. The third-order valence-electron chi connectivity index (χ3n) is 7.40. The molecule has 0 unspecified atom stereocenters. The van der Waals surface area contributed by atoms with Crippen LogP contribution in [0.4, 0.5) is 10.2 Å². The lowest BCUT2D eigenvalue weighted by molar-refractivity contribution is -0.115. The van der Waals surface area contributed by atoms with Gasteiger partial charge in [-0.2, -0.15) is 5.10 Å². The number of hydrogen-bond donors (Lipinski definition) is 1. The molecule has 0 spiro atoms. The second kappa shape index (κ2) is 8.70. The van der Waals surface area contributed by atoms with Gasteiger partial charge in [-0.15, -0.1) is 0 Å². The minimum Gasteiger partial charge on any atom is -0.493 e. The Hall–Kier alpha value is -3.24. The maximum atomic E-state index is 16.2. The number of ether oxygens (including phenoxy) is 2. The maximum absolute atomic E-state index is 16.2. The molecule has 2 saturated heterocycles. The van der Waals surface area contributed by atoms with Crippen LogP contribution in [0.5, 0.6) is 5.75 Å². The van der Waals surface area contributed by atoms with E-state index in [4.69, 9.17) is 9.47 Å². The quantitative estimate of drug-likeness (QED) is 0.438. The van der Waals surface area contributed by atoms with Gasteiger partial charge in [0, 0.05) is 55.3 Å². The molecule has 6 rings (SSSR count). The molecule has 0 amide bonds. The van der Waals surface area contributed by atoms with Gasteiger partial charge < -0.3 is 19.4 Å². The van der Waals surface area contributed by atoms with E-state index in [0.717, 1.165) is 62.8 Å². The zero-order valence-corrected chi connectivity index (χ0v) is 21.2. The number of piperazine rings is 1. The number of H-pyrrole nitrogens is 1. The molecule has 0 bridgehead atoms. The van der Waals surface area contributed by atoms with Gasteiger partial charge >= 0.3 is 0 Å². The van der Waals surface area contributed by atoms with E-state index >= 15 is 4.39 Å². The van der Waals surface area contributed by atoms with Crippen molar-refractivity contribution in [3.63, 3.8) is 0 Å². The van der Waals surface area contributed by atoms with E-state index in [0.29, 0.717) is 28.1 Å². The Kier molecular flexibility index (Phi) is 5.60. The van der Waals surface area contributed by atoms with Crippen LogP contribution in [0.2, 0.25) is 0 Å². The first-order valence-electron chi connectivity index (χ1n) is 12.5. The minimum absolute atomic E-state index is 0.0817. The van der Waals surface area contributed by atoms with Crippen molar-refractivity contribution in [2.75, 3.05) is 57.9 Å². The van der Waals surface area contributed by atoms with Gasteiger partial charge in [-0.25, -0.2) is 18.9 Å². The predicted octanol–water partition coefficient (Wildman–Crippen LogP) is 3.70. The van der Waals surface area contributed by atoms with E-state index in [-0.39, 0.29) is 17.2 Å². The fourth-order valence-electron chi connectivity index (χ4n) is 5.57. The summed E-state index contributed by atoms with van der Waals surface area (Å²) >= 11 is 0. The van der Waals surface area contributed by atoms with E-state index in [1.54, 1.807) is 17.8 Å². The van der Waals surface area contributed by atoms with E-state index in [2.05, 4.69) is 50.6 Å². The second-order valence-corrected chi connectivity index (χ2v) is 10.6. The van der Waals surface area contributed by atoms with Crippen LogP contribution in [-0.2, 0) is 4.74 Å². The van der Waals surface area contributed by atoms with E-state index in [1.807, 2.05) is 12.3 Å². The topological polar surface area (TPSA) is 83.8 Å². The van der Waals surface area contributed by atoms with Gasteiger partial charge in [-0.1, -0.05) is 20.8 Å². The number of fused-ring (bicyclic) bond motifs is 2. The van der Waals surface area contributed by atoms with Crippen molar-refractivity contribution in [3.05, 3.63) is 36.2 Å². The number of pyridine rings is 2. The first-order chi connectivity index (χ1) is 17.4. The molecule has 0 aromatic carbocycles. The number of anilines is 1. The van der Waals surface area contributed by atoms with Crippen LogP contribution in [0.1, 0.15) is 32.3 Å². The molecule has 2 aliphatic rings. The summed E-state index contributed by atoms with van der Waals surface area (Å²) in [5.74, 6) is 0.855. The van der Waals surface area contributed by atoms with Gasteiger partial charge in [-0.05, 0) is 17.5 Å². The standard InChI is InChI=1S/C26H32FN7O2/c1-16(2)20-21-18(31-23(20)17-9-19(35-4)24-29-15-30-34(24)11-17)10-28-25(22(21)27)33-7-5-32(6-8-33)12-26(3)13-36-14-26/h9-11,15-16,31H,5-8,12-14H2,1-4H3. The molecule has 2 fully saturated rings. The molecule has 190 valence electrons. The molecule has 36 heavy (non-hydrogen) atoms. The molecule has 0 radical (unpaired) electrons. The summed E-state index contributed by atoms with van der Waals surface area (Å²) in [6.45, 7) is 12.4. The highest BCUT2D eigenvalue weighted by Gasteiger charge is 2.36. The number of aromatic amines is 1. The first-order valence-corrected chi connectivity index (χ1v) is 12.5. The van der Waals surface area contributed by atoms with Crippen LogP contribution in [0.3, 0.4) is 0 Å². The summed E-state index contributed by atoms with van der Waals surface area (Å²) in [5, 5.41) is 4.88. The molecule has 4 aromatic heterocycles. The first kappa shape index (κ1) is 23.2. The fraction of sp³-hybridized carbons (Fsp3) is 0.500. The zero-order valence-electron chi connectivity index (χ0n) is 21.2. The number of hydrogen-bond acceptors (Lipinski definition) is 7. The second-order valence-electron chi connectivity index (χ2n) is 10.6. The highest BCUT2D eigenvalue weighted by atomic mass is 19.1. The van der Waals surface area contributed by atoms with E-state index in [9.17, 15) is 0 Å². The molecule has 6 heterocycles. The number of nitrogens with one attached hydrogen (secondary N) is 1. The number of methoxy groups -OCH3 is 1. The Labute approximate surface area is 209 Å². The van der Waals surface area contributed by atoms with Crippen LogP contribution in [0.25, 0.3) is 27.8 Å². The Bertz CT molecular complexity index is 1420.